The van der Waals surface area contributed by atoms with Gasteiger partial charge in [-0.2, -0.15) is 0 Å². The average molecular weight is 184 g/mol. The van der Waals surface area contributed by atoms with Crippen molar-refractivity contribution >= 4 is 0 Å². The number of aromatic nitrogens is 2. The lowest BCUT2D eigenvalue weighted by atomic mass is 9.93. The van der Waals surface area contributed by atoms with Gasteiger partial charge in [-0.25, -0.2) is 4.98 Å². The third-order valence-electron chi connectivity index (χ3n) is 3.09. The van der Waals surface area contributed by atoms with Gasteiger partial charge < -0.3 is 4.98 Å². The Balaban J connectivity index is 2.07. The van der Waals surface area contributed by atoms with Crippen LogP contribution in [0, 0.1) is 0 Å². The Labute approximate surface area is 83.0 Å². The van der Waals surface area contributed by atoms with E-state index in [1.54, 1.807) is 6.33 Å². The molecule has 0 atom stereocenters. The summed E-state index contributed by atoms with van der Waals surface area (Å²) in [5, 5.41) is 0. The van der Waals surface area contributed by atoms with E-state index in [0.29, 0.717) is 0 Å². The van der Waals surface area contributed by atoms with Gasteiger partial charge in [0.1, 0.15) is 0 Å². The van der Waals surface area contributed by atoms with Gasteiger partial charge in [0.05, 0.1) is 6.33 Å². The Bertz CT molecular complexity index is 413. The van der Waals surface area contributed by atoms with Crippen LogP contribution in [0.5, 0.6) is 0 Å². The zero-order chi connectivity index (χ0) is 9.43. The molecule has 70 valence electrons. The number of imidazole rings is 1. The molecule has 0 aliphatic heterocycles. The van der Waals surface area contributed by atoms with Crippen LogP contribution in [0.1, 0.15) is 24.1 Å². The lowest BCUT2D eigenvalue weighted by Gasteiger charge is -2.12. The summed E-state index contributed by atoms with van der Waals surface area (Å²) in [4.78, 5) is 7.33. The number of nitrogens with one attached hydrogen (secondary N) is 1. The first kappa shape index (κ1) is 7.80. The molecule has 2 nitrogen and oxygen atoms in total. The topological polar surface area (TPSA) is 28.7 Å². The molecule has 0 radical (unpaired) electrons. The largest absolute Gasteiger partial charge is 0.348 e. The first-order chi connectivity index (χ1) is 6.92. The van der Waals surface area contributed by atoms with E-state index >= 15 is 0 Å². The van der Waals surface area contributed by atoms with Crippen molar-refractivity contribution < 1.29 is 0 Å². The smallest absolute Gasteiger partial charge is 0.0922 e. The van der Waals surface area contributed by atoms with Crippen LogP contribution in [0.4, 0.5) is 0 Å². The number of hydrogen-bond donors (Lipinski definition) is 1. The predicted octanol–water partition coefficient (Wildman–Crippen LogP) is 2.49. The fraction of sp³-hybridized carbons (Fsp3) is 0.250. The minimum atomic E-state index is 0.248. The summed E-state index contributed by atoms with van der Waals surface area (Å²) >= 11 is 0. The molecule has 0 amide bonds. The first-order valence-corrected chi connectivity index (χ1v) is 4.96. The van der Waals surface area contributed by atoms with Gasteiger partial charge in [0, 0.05) is 17.3 Å². The molecule has 1 fully saturated rings. The molecule has 1 N–H and O–H groups in total. The normalized spacial score (nSPS) is 18.0. The van der Waals surface area contributed by atoms with Gasteiger partial charge in [0.2, 0.25) is 0 Å². The van der Waals surface area contributed by atoms with Crippen molar-refractivity contribution in [3.8, 4) is 0 Å². The summed E-state index contributed by atoms with van der Waals surface area (Å²) in [6, 6.07) is 10.7. The molecule has 1 aromatic heterocycles. The van der Waals surface area contributed by atoms with Crippen LogP contribution in [0.25, 0.3) is 0 Å². The minimum Gasteiger partial charge on any atom is -0.348 e. The quantitative estimate of drug-likeness (QED) is 0.763. The monoisotopic (exact) mass is 184 g/mol. The second-order valence-electron chi connectivity index (χ2n) is 3.91. The van der Waals surface area contributed by atoms with Gasteiger partial charge in [-0.3, -0.25) is 0 Å². The van der Waals surface area contributed by atoms with Crippen molar-refractivity contribution in [2.45, 2.75) is 18.3 Å². The van der Waals surface area contributed by atoms with Crippen molar-refractivity contribution in [3.05, 3.63) is 54.1 Å². The van der Waals surface area contributed by atoms with Gasteiger partial charge in [-0.15, -0.1) is 0 Å². The maximum absolute atomic E-state index is 4.10. The maximum Gasteiger partial charge on any atom is 0.0922 e. The summed E-state index contributed by atoms with van der Waals surface area (Å²) in [5.41, 5.74) is 2.91. The third kappa shape index (κ3) is 1.00. The van der Waals surface area contributed by atoms with Gasteiger partial charge in [-0.05, 0) is 18.4 Å². The number of benzene rings is 1. The van der Waals surface area contributed by atoms with Crippen molar-refractivity contribution in [1.82, 2.24) is 9.97 Å². The molecule has 2 aromatic rings. The van der Waals surface area contributed by atoms with Crippen LogP contribution < -0.4 is 0 Å². The molecule has 0 bridgehead atoms. The molecule has 3 rings (SSSR count). The second-order valence-corrected chi connectivity index (χ2v) is 3.91. The summed E-state index contributed by atoms with van der Waals surface area (Å²) in [6.07, 6.45) is 6.18. The van der Waals surface area contributed by atoms with Gasteiger partial charge in [-0.1, -0.05) is 30.3 Å². The van der Waals surface area contributed by atoms with Crippen LogP contribution in [-0.4, -0.2) is 9.97 Å². The number of aromatic amines is 1. The summed E-state index contributed by atoms with van der Waals surface area (Å²) in [6.45, 7) is 0. The number of nitrogens with zero attached hydrogens (tertiary/aromatic N) is 1. The highest BCUT2D eigenvalue weighted by Crippen LogP contribution is 2.52. The second kappa shape index (κ2) is 2.71. The fourth-order valence-electron chi connectivity index (χ4n) is 2.11. The van der Waals surface area contributed by atoms with E-state index in [2.05, 4.69) is 40.3 Å². The Kier molecular flexibility index (Phi) is 1.51. The van der Waals surface area contributed by atoms with Gasteiger partial charge in [0.15, 0.2) is 0 Å². The van der Waals surface area contributed by atoms with Crippen molar-refractivity contribution in [2.24, 2.45) is 0 Å². The zero-order valence-electron chi connectivity index (χ0n) is 7.90. The molecular formula is C12H12N2. The van der Waals surface area contributed by atoms with E-state index in [-0.39, 0.29) is 5.41 Å². The number of hydrogen-bond acceptors (Lipinski definition) is 1. The molecule has 0 spiro atoms. The Morgan fingerprint density at radius 2 is 1.93 bits per heavy atom. The van der Waals surface area contributed by atoms with Gasteiger partial charge in [0.25, 0.3) is 0 Å². The lowest BCUT2D eigenvalue weighted by Crippen LogP contribution is -2.08. The van der Waals surface area contributed by atoms with E-state index in [9.17, 15) is 0 Å². The fourth-order valence-corrected chi connectivity index (χ4v) is 2.11. The molecular weight excluding hydrogens is 172 g/mol. The molecule has 1 saturated carbocycles. The standard InChI is InChI=1S/C12H12N2/c1-2-4-10(5-3-1)12(6-7-12)11-8-13-9-14-11/h1-5,8-9H,6-7H2,(H,13,14). The molecule has 2 heteroatoms. The SMILES string of the molecule is c1ccc(C2(c3cnc[nH]3)CC2)cc1. The molecule has 1 aromatic carbocycles. The van der Waals surface area contributed by atoms with Crippen LogP contribution in [-0.2, 0) is 5.41 Å². The number of H-pyrrole nitrogens is 1. The van der Waals surface area contributed by atoms with Crippen LogP contribution in [0.3, 0.4) is 0 Å². The molecule has 1 aliphatic rings. The minimum absolute atomic E-state index is 0.248. The van der Waals surface area contributed by atoms with E-state index < -0.39 is 0 Å². The van der Waals surface area contributed by atoms with E-state index in [4.69, 9.17) is 0 Å². The van der Waals surface area contributed by atoms with Crippen LogP contribution >= 0.6 is 0 Å². The predicted molar refractivity (Wildman–Crippen MR) is 55.0 cm³/mol. The van der Waals surface area contributed by atoms with Crippen molar-refractivity contribution in [3.63, 3.8) is 0 Å². The molecule has 1 heterocycles. The van der Waals surface area contributed by atoms with Crippen molar-refractivity contribution in [2.75, 3.05) is 0 Å². The van der Waals surface area contributed by atoms with E-state index in [1.807, 2.05) is 6.20 Å². The Morgan fingerprint density at radius 1 is 1.14 bits per heavy atom. The number of rotatable bonds is 2. The summed E-state index contributed by atoms with van der Waals surface area (Å²) in [5.74, 6) is 0. The average Bonchev–Trinajstić information content (AvgIpc) is 2.88. The summed E-state index contributed by atoms with van der Waals surface area (Å²) in [7, 11) is 0. The molecule has 1 aliphatic carbocycles. The first-order valence-electron chi connectivity index (χ1n) is 4.96. The van der Waals surface area contributed by atoms with Crippen molar-refractivity contribution in [1.29, 1.82) is 0 Å². The highest BCUT2D eigenvalue weighted by Gasteiger charge is 2.46. The zero-order valence-corrected chi connectivity index (χ0v) is 7.90. The highest BCUT2D eigenvalue weighted by molar-refractivity contribution is 5.40. The van der Waals surface area contributed by atoms with E-state index in [1.165, 1.54) is 24.1 Å². The van der Waals surface area contributed by atoms with Crippen LogP contribution in [0.2, 0.25) is 0 Å². The molecule has 14 heavy (non-hydrogen) atoms. The van der Waals surface area contributed by atoms with E-state index in [0.717, 1.165) is 0 Å². The third-order valence-corrected chi connectivity index (χ3v) is 3.09. The Morgan fingerprint density at radius 3 is 2.50 bits per heavy atom. The lowest BCUT2D eigenvalue weighted by molar-refractivity contribution is 0.812. The maximum atomic E-state index is 4.10. The van der Waals surface area contributed by atoms with Gasteiger partial charge >= 0.3 is 0 Å². The molecule has 0 unspecified atom stereocenters. The Hall–Kier alpha value is -1.57. The summed E-state index contributed by atoms with van der Waals surface area (Å²) < 4.78 is 0. The highest BCUT2D eigenvalue weighted by atomic mass is 14.9. The molecule has 0 saturated heterocycles. The van der Waals surface area contributed by atoms with Crippen LogP contribution in [0.15, 0.2) is 42.9 Å².